The Morgan fingerprint density at radius 2 is 1.48 bits per heavy atom. The minimum absolute atomic E-state index is 0.214. The van der Waals surface area contributed by atoms with Gasteiger partial charge in [-0.1, -0.05) is 106 Å². The van der Waals surface area contributed by atoms with Gasteiger partial charge < -0.3 is 0 Å². The molecule has 0 heterocycles. The van der Waals surface area contributed by atoms with E-state index in [-0.39, 0.29) is 11.4 Å². The first-order valence-corrected chi connectivity index (χ1v) is 15.2. The van der Waals surface area contributed by atoms with E-state index in [2.05, 4.69) is 32.1 Å². The van der Waals surface area contributed by atoms with Crippen LogP contribution >= 0.6 is 0 Å². The predicted molar refractivity (Wildman–Crippen MR) is 164 cm³/mol. The lowest BCUT2D eigenvalue weighted by atomic mass is 9.84. The maximum atomic E-state index is 15.2. The highest BCUT2D eigenvalue weighted by molar-refractivity contribution is 5.74. The molecular weight excluding hydrogens is 501 g/mol. The molecule has 0 N–H and O–H groups in total. The molecule has 212 valence electrons. The summed E-state index contributed by atoms with van der Waals surface area (Å²) in [5.74, 6) is -1.07. The van der Waals surface area contributed by atoms with Crippen LogP contribution < -0.4 is 0 Å². The molecule has 3 heteroatoms. The highest BCUT2D eigenvalue weighted by atomic mass is 19.2. The van der Waals surface area contributed by atoms with Crippen molar-refractivity contribution >= 4 is 5.57 Å². The third-order valence-corrected chi connectivity index (χ3v) is 8.30. The number of rotatable bonds is 13. The zero-order valence-corrected chi connectivity index (χ0v) is 24.1. The van der Waals surface area contributed by atoms with Crippen LogP contribution in [0.4, 0.5) is 13.2 Å². The van der Waals surface area contributed by atoms with Gasteiger partial charge in [-0.05, 0) is 91.7 Å². The van der Waals surface area contributed by atoms with Gasteiger partial charge >= 0.3 is 0 Å². The first-order chi connectivity index (χ1) is 19.5. The van der Waals surface area contributed by atoms with E-state index in [1.54, 1.807) is 30.3 Å². The molecule has 0 fully saturated rings. The van der Waals surface area contributed by atoms with Crippen molar-refractivity contribution in [1.82, 2.24) is 0 Å². The molecule has 0 bridgehead atoms. The van der Waals surface area contributed by atoms with E-state index >= 15 is 4.39 Å². The largest absolute Gasteiger partial charge is 0.206 e. The number of allylic oxidation sites excluding steroid dienone is 4. The highest BCUT2D eigenvalue weighted by Crippen LogP contribution is 2.35. The number of hydrogen-bond acceptors (Lipinski definition) is 0. The third kappa shape index (κ3) is 7.77. The molecule has 0 saturated carbocycles. The SMILES string of the molecule is C/C=C/CCC1CC=C(c2ccc(-c3ccc(-c4ccc(CCCCCCCC)c(F)c4F)cc3)cc2F)CC1. The van der Waals surface area contributed by atoms with E-state index < -0.39 is 11.6 Å². The zero-order chi connectivity index (χ0) is 28.3. The Kier molecular flexibility index (Phi) is 11.3. The van der Waals surface area contributed by atoms with Gasteiger partial charge in [-0.3, -0.25) is 0 Å². The molecule has 1 atom stereocenters. The lowest BCUT2D eigenvalue weighted by Crippen LogP contribution is -2.06. The normalized spacial score (nSPS) is 15.5. The van der Waals surface area contributed by atoms with Crippen molar-refractivity contribution in [3.8, 4) is 22.3 Å². The van der Waals surface area contributed by atoms with E-state index in [1.807, 2.05) is 24.3 Å². The Morgan fingerprint density at radius 3 is 2.17 bits per heavy atom. The van der Waals surface area contributed by atoms with Gasteiger partial charge in [0.25, 0.3) is 0 Å². The fraction of sp³-hybridized carbons (Fsp3) is 0.405. The molecule has 0 aliphatic heterocycles. The molecule has 40 heavy (non-hydrogen) atoms. The number of benzene rings is 3. The van der Waals surface area contributed by atoms with Crippen molar-refractivity contribution in [1.29, 1.82) is 0 Å². The standard InChI is InChI=1S/C37H43F3/c1-3-5-7-8-9-11-13-31-22-25-34(37(40)36(31)39)30-20-18-28(19-21-30)32-23-24-33(35(38)26-32)29-16-14-27(15-17-29)12-10-6-4-2/h4,6,16,18-27H,3,5,7-15,17H2,1-2H3/b6-4+. The van der Waals surface area contributed by atoms with Crippen LogP contribution in [0.2, 0.25) is 0 Å². The van der Waals surface area contributed by atoms with Crippen molar-refractivity contribution in [2.75, 3.05) is 0 Å². The summed E-state index contributed by atoms with van der Waals surface area (Å²) in [6.07, 6.45) is 19.1. The Labute approximate surface area is 239 Å². The van der Waals surface area contributed by atoms with Crippen LogP contribution in [0.15, 0.2) is 72.8 Å². The third-order valence-electron chi connectivity index (χ3n) is 8.30. The maximum absolute atomic E-state index is 15.2. The predicted octanol–water partition coefficient (Wildman–Crippen LogP) is 11.9. The van der Waals surface area contributed by atoms with Gasteiger partial charge in [0.1, 0.15) is 5.82 Å². The van der Waals surface area contributed by atoms with Crippen molar-refractivity contribution in [2.24, 2.45) is 5.92 Å². The van der Waals surface area contributed by atoms with E-state index in [4.69, 9.17) is 0 Å². The van der Waals surface area contributed by atoms with Gasteiger partial charge in [0, 0.05) is 11.1 Å². The number of aryl methyl sites for hydroxylation is 1. The average molecular weight is 545 g/mol. The number of hydrogen-bond donors (Lipinski definition) is 0. The number of unbranched alkanes of at least 4 members (excludes halogenated alkanes) is 5. The lowest BCUT2D eigenvalue weighted by Gasteiger charge is -2.22. The van der Waals surface area contributed by atoms with Gasteiger partial charge in [0.2, 0.25) is 0 Å². The molecule has 0 saturated heterocycles. The fourth-order valence-corrected chi connectivity index (χ4v) is 5.79. The summed E-state index contributed by atoms with van der Waals surface area (Å²) in [6.45, 7) is 4.23. The maximum Gasteiger partial charge on any atom is 0.166 e. The monoisotopic (exact) mass is 544 g/mol. The Balaban J connectivity index is 1.40. The van der Waals surface area contributed by atoms with E-state index in [0.29, 0.717) is 29.0 Å². The number of halogens is 3. The smallest absolute Gasteiger partial charge is 0.166 e. The van der Waals surface area contributed by atoms with Gasteiger partial charge in [-0.2, -0.15) is 0 Å². The first-order valence-electron chi connectivity index (χ1n) is 15.2. The topological polar surface area (TPSA) is 0 Å². The summed E-state index contributed by atoms with van der Waals surface area (Å²) < 4.78 is 45.0. The van der Waals surface area contributed by atoms with Crippen molar-refractivity contribution < 1.29 is 13.2 Å². The van der Waals surface area contributed by atoms with Crippen molar-refractivity contribution in [3.05, 3.63) is 101 Å². The van der Waals surface area contributed by atoms with Crippen LogP contribution in [-0.2, 0) is 6.42 Å². The second kappa shape index (κ2) is 15.1. The van der Waals surface area contributed by atoms with Crippen LogP contribution in [0.3, 0.4) is 0 Å². The first kappa shape index (κ1) is 29.9. The molecule has 4 rings (SSSR count). The van der Waals surface area contributed by atoms with Crippen molar-refractivity contribution in [3.63, 3.8) is 0 Å². The minimum Gasteiger partial charge on any atom is -0.206 e. The molecular formula is C37H43F3. The van der Waals surface area contributed by atoms with Crippen LogP contribution in [-0.4, -0.2) is 0 Å². The van der Waals surface area contributed by atoms with Crippen LogP contribution in [0.5, 0.6) is 0 Å². The van der Waals surface area contributed by atoms with Crippen LogP contribution in [0.25, 0.3) is 27.8 Å². The van der Waals surface area contributed by atoms with Gasteiger partial charge in [-0.15, -0.1) is 0 Å². The van der Waals surface area contributed by atoms with E-state index in [1.165, 1.54) is 25.7 Å². The molecule has 0 radical (unpaired) electrons. The zero-order valence-electron chi connectivity index (χ0n) is 24.1. The Hall–Kier alpha value is -3.07. The minimum atomic E-state index is -0.795. The second-order valence-corrected chi connectivity index (χ2v) is 11.2. The molecule has 0 amide bonds. The van der Waals surface area contributed by atoms with E-state index in [0.717, 1.165) is 61.6 Å². The summed E-state index contributed by atoms with van der Waals surface area (Å²) in [5.41, 5.74) is 4.71. The molecule has 0 nitrogen and oxygen atoms in total. The summed E-state index contributed by atoms with van der Waals surface area (Å²) in [5, 5.41) is 0. The van der Waals surface area contributed by atoms with E-state index in [9.17, 15) is 8.78 Å². The molecule has 1 aliphatic carbocycles. The lowest BCUT2D eigenvalue weighted by molar-refractivity contribution is 0.453. The highest BCUT2D eigenvalue weighted by Gasteiger charge is 2.18. The fourth-order valence-electron chi connectivity index (χ4n) is 5.79. The van der Waals surface area contributed by atoms with Gasteiger partial charge in [0.15, 0.2) is 11.6 Å². The molecule has 1 unspecified atom stereocenters. The molecule has 1 aliphatic rings. The quantitative estimate of drug-likeness (QED) is 0.148. The van der Waals surface area contributed by atoms with Crippen molar-refractivity contribution in [2.45, 2.75) is 90.9 Å². The van der Waals surface area contributed by atoms with Gasteiger partial charge in [0.05, 0.1) is 0 Å². The molecule has 3 aromatic carbocycles. The Morgan fingerprint density at radius 1 is 0.775 bits per heavy atom. The summed E-state index contributed by atoms with van der Waals surface area (Å²) in [6, 6.07) is 16.1. The second-order valence-electron chi connectivity index (χ2n) is 11.2. The van der Waals surface area contributed by atoms with Crippen LogP contribution in [0.1, 0.15) is 95.6 Å². The van der Waals surface area contributed by atoms with Crippen LogP contribution in [0, 0.1) is 23.4 Å². The molecule has 0 spiro atoms. The summed E-state index contributed by atoms with van der Waals surface area (Å²) in [7, 11) is 0. The summed E-state index contributed by atoms with van der Waals surface area (Å²) >= 11 is 0. The molecule has 3 aromatic rings. The Bertz CT molecular complexity index is 1300. The summed E-state index contributed by atoms with van der Waals surface area (Å²) in [4.78, 5) is 0. The average Bonchev–Trinajstić information content (AvgIpc) is 2.98. The van der Waals surface area contributed by atoms with Gasteiger partial charge in [-0.25, -0.2) is 13.2 Å². The molecule has 0 aromatic heterocycles.